The molecule has 170 valence electrons. The first-order valence-electron chi connectivity index (χ1n) is 11.6. The molecule has 0 saturated heterocycles. The molecule has 0 bridgehead atoms. The summed E-state index contributed by atoms with van der Waals surface area (Å²) in [5.74, 6) is 0. The van der Waals surface area contributed by atoms with E-state index in [0.29, 0.717) is 0 Å². The third kappa shape index (κ3) is 4.91. The predicted molar refractivity (Wildman–Crippen MR) is 140 cm³/mol. The van der Waals surface area contributed by atoms with E-state index in [1.165, 1.54) is 16.7 Å². The van der Waals surface area contributed by atoms with Crippen LogP contribution in [0.15, 0.2) is 97.5 Å². The van der Waals surface area contributed by atoms with Crippen molar-refractivity contribution in [1.82, 2.24) is 24.6 Å². The molecule has 0 spiro atoms. The summed E-state index contributed by atoms with van der Waals surface area (Å²) in [5.41, 5.74) is 8.80. The molecule has 5 nitrogen and oxygen atoms in total. The number of aromatic nitrogens is 3. The molecule has 5 aromatic rings. The number of likely N-dealkylation sites (N-methyl/N-ethyl adjacent to an activating group) is 1. The lowest BCUT2D eigenvalue weighted by Crippen LogP contribution is -2.26. The molecule has 0 atom stereocenters. The Kier molecular flexibility index (Phi) is 6.47. The van der Waals surface area contributed by atoms with Gasteiger partial charge in [0, 0.05) is 43.2 Å². The van der Waals surface area contributed by atoms with Crippen LogP contribution < -0.4 is 5.32 Å². The van der Waals surface area contributed by atoms with E-state index in [-0.39, 0.29) is 0 Å². The van der Waals surface area contributed by atoms with E-state index < -0.39 is 0 Å². The van der Waals surface area contributed by atoms with Gasteiger partial charge < -0.3 is 10.2 Å². The molecule has 34 heavy (non-hydrogen) atoms. The SMILES string of the molecule is CN(C)CCNCc1cccc(-c2ccn3c(-c4ccnc(-c5ccccc5)c4)cnc3c2)c1. The Morgan fingerprint density at radius 2 is 1.62 bits per heavy atom. The topological polar surface area (TPSA) is 45.5 Å². The normalized spacial score (nSPS) is 11.4. The third-order valence-electron chi connectivity index (χ3n) is 5.96. The van der Waals surface area contributed by atoms with Crippen molar-refractivity contribution >= 4 is 5.65 Å². The molecule has 0 unspecified atom stereocenters. The van der Waals surface area contributed by atoms with Gasteiger partial charge in [-0.25, -0.2) is 4.98 Å². The summed E-state index contributed by atoms with van der Waals surface area (Å²) in [6.07, 6.45) is 5.91. The minimum atomic E-state index is 0.864. The fourth-order valence-corrected chi connectivity index (χ4v) is 4.13. The summed E-state index contributed by atoms with van der Waals surface area (Å²) in [7, 11) is 4.19. The number of hydrogen-bond donors (Lipinski definition) is 1. The number of benzene rings is 2. The minimum absolute atomic E-state index is 0.864. The number of imidazole rings is 1. The lowest BCUT2D eigenvalue weighted by molar-refractivity contribution is 0.400. The summed E-state index contributed by atoms with van der Waals surface area (Å²) >= 11 is 0. The van der Waals surface area contributed by atoms with Gasteiger partial charge in [0.25, 0.3) is 0 Å². The lowest BCUT2D eigenvalue weighted by Gasteiger charge is -2.11. The molecule has 3 aromatic heterocycles. The van der Waals surface area contributed by atoms with Crippen molar-refractivity contribution < 1.29 is 0 Å². The van der Waals surface area contributed by atoms with Gasteiger partial charge in [-0.1, -0.05) is 48.5 Å². The number of hydrogen-bond acceptors (Lipinski definition) is 4. The largest absolute Gasteiger partial charge is 0.311 e. The Bertz CT molecular complexity index is 1390. The van der Waals surface area contributed by atoms with Gasteiger partial charge >= 0.3 is 0 Å². The first-order valence-corrected chi connectivity index (χ1v) is 11.6. The van der Waals surface area contributed by atoms with E-state index in [0.717, 1.165) is 47.8 Å². The van der Waals surface area contributed by atoms with Crippen molar-refractivity contribution in [3.05, 3.63) is 103 Å². The van der Waals surface area contributed by atoms with Gasteiger partial charge in [-0.2, -0.15) is 0 Å². The average Bonchev–Trinajstić information content (AvgIpc) is 3.31. The molecular weight excluding hydrogens is 418 g/mol. The zero-order valence-corrected chi connectivity index (χ0v) is 19.6. The van der Waals surface area contributed by atoms with Gasteiger partial charge in [0.1, 0.15) is 5.65 Å². The van der Waals surface area contributed by atoms with Crippen molar-refractivity contribution in [3.63, 3.8) is 0 Å². The molecule has 0 saturated carbocycles. The maximum absolute atomic E-state index is 4.71. The molecule has 0 aliphatic carbocycles. The van der Waals surface area contributed by atoms with E-state index in [2.05, 4.69) is 94.5 Å². The van der Waals surface area contributed by atoms with Gasteiger partial charge in [0.15, 0.2) is 0 Å². The average molecular weight is 448 g/mol. The molecule has 1 N–H and O–H groups in total. The highest BCUT2D eigenvalue weighted by atomic mass is 15.1. The monoisotopic (exact) mass is 447 g/mol. The van der Waals surface area contributed by atoms with E-state index in [4.69, 9.17) is 4.98 Å². The Balaban J connectivity index is 1.39. The molecular formula is C29H29N5. The zero-order chi connectivity index (χ0) is 23.3. The number of nitrogens with one attached hydrogen (secondary N) is 1. The summed E-state index contributed by atoms with van der Waals surface area (Å²) in [6.45, 7) is 2.87. The van der Waals surface area contributed by atoms with Gasteiger partial charge in [0.05, 0.1) is 17.6 Å². The first kappa shape index (κ1) is 22.0. The molecule has 0 radical (unpaired) electrons. The van der Waals surface area contributed by atoms with E-state index in [1.807, 2.05) is 36.7 Å². The Labute approximate surface area is 200 Å². The van der Waals surface area contributed by atoms with Crippen LogP contribution in [0, 0.1) is 0 Å². The summed E-state index contributed by atoms with van der Waals surface area (Å²) in [4.78, 5) is 11.5. The minimum Gasteiger partial charge on any atom is -0.311 e. The quantitative estimate of drug-likeness (QED) is 0.324. The molecule has 5 heteroatoms. The van der Waals surface area contributed by atoms with Crippen LogP contribution in [-0.2, 0) is 6.54 Å². The van der Waals surface area contributed by atoms with Crippen LogP contribution in [0.25, 0.3) is 39.3 Å². The van der Waals surface area contributed by atoms with Crippen molar-refractivity contribution in [2.24, 2.45) is 0 Å². The Hall–Kier alpha value is -3.80. The zero-order valence-electron chi connectivity index (χ0n) is 19.6. The predicted octanol–water partition coefficient (Wildman–Crippen LogP) is 5.38. The summed E-state index contributed by atoms with van der Waals surface area (Å²) in [6, 6.07) is 27.5. The highest BCUT2D eigenvalue weighted by Crippen LogP contribution is 2.28. The number of nitrogens with zero attached hydrogens (tertiary/aromatic N) is 4. The Morgan fingerprint density at radius 3 is 2.47 bits per heavy atom. The summed E-state index contributed by atoms with van der Waals surface area (Å²) < 4.78 is 2.14. The van der Waals surface area contributed by atoms with Crippen LogP contribution in [-0.4, -0.2) is 46.5 Å². The van der Waals surface area contributed by atoms with Crippen LogP contribution in [0.4, 0.5) is 0 Å². The van der Waals surface area contributed by atoms with E-state index in [9.17, 15) is 0 Å². The molecule has 3 heterocycles. The van der Waals surface area contributed by atoms with Gasteiger partial charge in [-0.15, -0.1) is 0 Å². The van der Waals surface area contributed by atoms with E-state index >= 15 is 0 Å². The molecule has 0 aliphatic heterocycles. The van der Waals surface area contributed by atoms with Crippen molar-refractivity contribution in [3.8, 4) is 33.6 Å². The van der Waals surface area contributed by atoms with Gasteiger partial charge in [0.2, 0.25) is 0 Å². The standard InChI is InChI=1S/C29H29N5/c1-33(2)16-14-30-20-22-7-6-10-24(17-22)25-12-15-34-28(21-32-29(34)19-25)26-11-13-31-27(18-26)23-8-4-3-5-9-23/h3-13,15,17-19,21,30H,14,16,20H2,1-2H3. The first-order chi connectivity index (χ1) is 16.7. The fourth-order valence-electron chi connectivity index (χ4n) is 4.13. The van der Waals surface area contributed by atoms with E-state index in [1.54, 1.807) is 0 Å². The van der Waals surface area contributed by atoms with Crippen LogP contribution >= 0.6 is 0 Å². The number of pyridine rings is 2. The third-order valence-corrected chi connectivity index (χ3v) is 5.96. The highest BCUT2D eigenvalue weighted by Gasteiger charge is 2.10. The number of fused-ring (bicyclic) bond motifs is 1. The van der Waals surface area contributed by atoms with Crippen molar-refractivity contribution in [1.29, 1.82) is 0 Å². The number of rotatable bonds is 8. The van der Waals surface area contributed by atoms with Crippen LogP contribution in [0.5, 0.6) is 0 Å². The molecule has 2 aromatic carbocycles. The van der Waals surface area contributed by atoms with Crippen molar-refractivity contribution in [2.45, 2.75) is 6.54 Å². The Morgan fingerprint density at radius 1 is 0.794 bits per heavy atom. The van der Waals surface area contributed by atoms with Crippen LogP contribution in [0.3, 0.4) is 0 Å². The second-order valence-electron chi connectivity index (χ2n) is 8.76. The van der Waals surface area contributed by atoms with Crippen LogP contribution in [0.1, 0.15) is 5.56 Å². The maximum Gasteiger partial charge on any atom is 0.137 e. The lowest BCUT2D eigenvalue weighted by atomic mass is 10.0. The van der Waals surface area contributed by atoms with Gasteiger partial charge in [-0.3, -0.25) is 9.38 Å². The van der Waals surface area contributed by atoms with Crippen molar-refractivity contribution in [2.75, 3.05) is 27.2 Å². The molecule has 0 aliphatic rings. The molecule has 0 fully saturated rings. The molecule has 5 rings (SSSR count). The molecule has 0 amide bonds. The fraction of sp³-hybridized carbons (Fsp3) is 0.172. The van der Waals surface area contributed by atoms with Gasteiger partial charge in [-0.05, 0) is 61.1 Å². The second-order valence-corrected chi connectivity index (χ2v) is 8.76. The second kappa shape index (κ2) is 10.00. The smallest absolute Gasteiger partial charge is 0.137 e. The highest BCUT2D eigenvalue weighted by molar-refractivity contribution is 5.73. The summed E-state index contributed by atoms with van der Waals surface area (Å²) in [5, 5.41) is 3.52. The van der Waals surface area contributed by atoms with Crippen LogP contribution in [0.2, 0.25) is 0 Å². The maximum atomic E-state index is 4.71.